The normalized spacial score (nSPS) is 12.6. The summed E-state index contributed by atoms with van der Waals surface area (Å²) in [5, 5.41) is 18.0. The van der Waals surface area contributed by atoms with Crippen LogP contribution in [0.25, 0.3) is 0 Å². The lowest BCUT2D eigenvalue weighted by atomic mass is 10.3. The minimum absolute atomic E-state index is 0.101. The number of hydrogen-bond acceptors (Lipinski definition) is 4. The Balaban J connectivity index is 3.26. The van der Waals surface area contributed by atoms with E-state index >= 15 is 0 Å². The van der Waals surface area contributed by atoms with E-state index in [0.29, 0.717) is 0 Å². The largest absolute Gasteiger partial charge is 0.385 e. The Bertz CT molecular complexity index is 113. The first-order chi connectivity index (χ1) is 4.16. The second kappa shape index (κ2) is 3.96. The molecule has 0 fully saturated rings. The standard InChI is InChI=1S/C4H7NO4/c6-3-4(7)1-2-5(8)9/h3-4,7H,1-2H2/t4-/m1/s1. The van der Waals surface area contributed by atoms with Gasteiger partial charge < -0.3 is 9.90 Å². The number of aliphatic hydroxyl groups is 1. The highest BCUT2D eigenvalue weighted by molar-refractivity contribution is 5.55. The highest BCUT2D eigenvalue weighted by Crippen LogP contribution is 1.85. The summed E-state index contributed by atoms with van der Waals surface area (Å²) in [7, 11) is 0. The van der Waals surface area contributed by atoms with Gasteiger partial charge in [0.05, 0.1) is 0 Å². The molecule has 0 bridgehead atoms. The van der Waals surface area contributed by atoms with E-state index < -0.39 is 11.0 Å². The molecule has 0 aromatic heterocycles. The smallest absolute Gasteiger partial charge is 0.206 e. The highest BCUT2D eigenvalue weighted by atomic mass is 16.6. The molecule has 0 radical (unpaired) electrons. The van der Waals surface area contributed by atoms with Crippen LogP contribution in [0.4, 0.5) is 0 Å². The molecule has 0 aromatic carbocycles. The number of aldehydes is 1. The molecule has 9 heavy (non-hydrogen) atoms. The van der Waals surface area contributed by atoms with E-state index in [4.69, 9.17) is 5.11 Å². The van der Waals surface area contributed by atoms with Gasteiger partial charge in [-0.1, -0.05) is 0 Å². The first kappa shape index (κ1) is 8.03. The van der Waals surface area contributed by atoms with Crippen molar-refractivity contribution in [1.82, 2.24) is 0 Å². The molecule has 0 heterocycles. The Kier molecular flexibility index (Phi) is 3.54. The Morgan fingerprint density at radius 1 is 1.78 bits per heavy atom. The van der Waals surface area contributed by atoms with Gasteiger partial charge in [0.15, 0.2) is 0 Å². The summed E-state index contributed by atoms with van der Waals surface area (Å²) in [6.45, 7) is -0.361. The highest BCUT2D eigenvalue weighted by Gasteiger charge is 2.04. The molecule has 0 rings (SSSR count). The number of carbonyl (C=O) groups is 1. The van der Waals surface area contributed by atoms with Crippen LogP contribution < -0.4 is 0 Å². The van der Waals surface area contributed by atoms with Gasteiger partial charge in [0.1, 0.15) is 12.4 Å². The zero-order chi connectivity index (χ0) is 7.28. The third-order valence-electron chi connectivity index (χ3n) is 0.765. The number of aliphatic hydroxyl groups excluding tert-OH is 1. The van der Waals surface area contributed by atoms with Crippen LogP contribution in [0.5, 0.6) is 0 Å². The molecule has 52 valence electrons. The monoisotopic (exact) mass is 133 g/mol. The topological polar surface area (TPSA) is 80.4 Å². The van der Waals surface area contributed by atoms with Gasteiger partial charge in [-0.15, -0.1) is 0 Å². The molecule has 0 aliphatic rings. The van der Waals surface area contributed by atoms with Crippen molar-refractivity contribution in [2.24, 2.45) is 0 Å². The summed E-state index contributed by atoms with van der Waals surface area (Å²) in [6, 6.07) is 0. The molecule has 1 atom stereocenters. The maximum Gasteiger partial charge on any atom is 0.206 e. The fourth-order valence-electron chi connectivity index (χ4n) is 0.306. The summed E-state index contributed by atoms with van der Waals surface area (Å²) < 4.78 is 0. The molecule has 0 spiro atoms. The molecule has 0 saturated carbocycles. The predicted octanol–water partition coefficient (Wildman–Crippen LogP) is -0.787. The van der Waals surface area contributed by atoms with Crippen LogP contribution in [0.15, 0.2) is 0 Å². The van der Waals surface area contributed by atoms with Crippen molar-refractivity contribution in [1.29, 1.82) is 0 Å². The Hall–Kier alpha value is -0.970. The second-order valence-electron chi connectivity index (χ2n) is 1.55. The lowest BCUT2D eigenvalue weighted by molar-refractivity contribution is -0.481. The zero-order valence-corrected chi connectivity index (χ0v) is 4.69. The number of nitro groups is 1. The van der Waals surface area contributed by atoms with Gasteiger partial charge in [0.25, 0.3) is 0 Å². The van der Waals surface area contributed by atoms with Crippen LogP contribution in [0.2, 0.25) is 0 Å². The molecule has 5 heteroatoms. The molecule has 0 amide bonds. The lowest BCUT2D eigenvalue weighted by Gasteiger charge is -1.94. The molecule has 0 aliphatic heterocycles. The second-order valence-corrected chi connectivity index (χ2v) is 1.55. The first-order valence-corrected chi connectivity index (χ1v) is 2.42. The average Bonchev–Trinajstić information content (AvgIpc) is 1.83. The van der Waals surface area contributed by atoms with Crippen molar-refractivity contribution in [2.75, 3.05) is 6.54 Å². The molecule has 5 nitrogen and oxygen atoms in total. The van der Waals surface area contributed by atoms with E-state index in [2.05, 4.69) is 0 Å². The fraction of sp³-hybridized carbons (Fsp3) is 0.750. The number of rotatable bonds is 4. The summed E-state index contributed by atoms with van der Waals surface area (Å²) in [5.74, 6) is 0. The first-order valence-electron chi connectivity index (χ1n) is 2.42. The van der Waals surface area contributed by atoms with Gasteiger partial charge in [-0.25, -0.2) is 0 Å². The van der Waals surface area contributed by atoms with E-state index in [1.165, 1.54) is 0 Å². The minimum Gasteiger partial charge on any atom is -0.385 e. The Morgan fingerprint density at radius 2 is 2.33 bits per heavy atom. The third-order valence-corrected chi connectivity index (χ3v) is 0.765. The van der Waals surface area contributed by atoms with Gasteiger partial charge in [0.2, 0.25) is 6.54 Å². The summed E-state index contributed by atoms with van der Waals surface area (Å²) in [5.41, 5.74) is 0. The van der Waals surface area contributed by atoms with Crippen LogP contribution in [-0.4, -0.2) is 29.0 Å². The number of nitrogens with zero attached hydrogens (tertiary/aromatic N) is 1. The molecular weight excluding hydrogens is 126 g/mol. The van der Waals surface area contributed by atoms with Crippen LogP contribution in [0, 0.1) is 10.1 Å². The van der Waals surface area contributed by atoms with Crippen molar-refractivity contribution in [2.45, 2.75) is 12.5 Å². The van der Waals surface area contributed by atoms with Gasteiger partial charge >= 0.3 is 0 Å². The summed E-state index contributed by atoms with van der Waals surface area (Å²) >= 11 is 0. The zero-order valence-electron chi connectivity index (χ0n) is 4.69. The Morgan fingerprint density at radius 3 is 2.67 bits per heavy atom. The van der Waals surface area contributed by atoms with Crippen molar-refractivity contribution in [3.8, 4) is 0 Å². The molecule has 0 aliphatic carbocycles. The third kappa shape index (κ3) is 4.89. The fourth-order valence-corrected chi connectivity index (χ4v) is 0.306. The van der Waals surface area contributed by atoms with Crippen molar-refractivity contribution >= 4 is 6.29 Å². The van der Waals surface area contributed by atoms with Crippen LogP contribution >= 0.6 is 0 Å². The maximum atomic E-state index is 9.64. The van der Waals surface area contributed by atoms with Crippen molar-refractivity contribution < 1.29 is 14.8 Å². The van der Waals surface area contributed by atoms with Gasteiger partial charge in [-0.3, -0.25) is 10.1 Å². The number of hydrogen-bond donors (Lipinski definition) is 1. The van der Waals surface area contributed by atoms with Crippen LogP contribution in [0.1, 0.15) is 6.42 Å². The number of carbonyl (C=O) groups excluding carboxylic acids is 1. The van der Waals surface area contributed by atoms with Gasteiger partial charge in [0, 0.05) is 11.3 Å². The molecule has 0 unspecified atom stereocenters. The maximum absolute atomic E-state index is 9.64. The molecular formula is C4H7NO4. The van der Waals surface area contributed by atoms with E-state index in [1.54, 1.807) is 0 Å². The van der Waals surface area contributed by atoms with E-state index in [1.807, 2.05) is 0 Å². The molecule has 0 saturated heterocycles. The lowest BCUT2D eigenvalue weighted by Crippen LogP contribution is -2.13. The van der Waals surface area contributed by atoms with E-state index in [0.717, 1.165) is 0 Å². The summed E-state index contributed by atoms with van der Waals surface area (Å²) in [6.07, 6.45) is -1.00. The van der Waals surface area contributed by atoms with Crippen LogP contribution in [0.3, 0.4) is 0 Å². The molecule has 0 aromatic rings. The van der Waals surface area contributed by atoms with Gasteiger partial charge in [-0.2, -0.15) is 0 Å². The quantitative estimate of drug-likeness (QED) is 0.309. The van der Waals surface area contributed by atoms with E-state index in [-0.39, 0.29) is 19.3 Å². The molecule has 1 N–H and O–H groups in total. The summed E-state index contributed by atoms with van der Waals surface area (Å²) in [4.78, 5) is 18.7. The average molecular weight is 133 g/mol. The van der Waals surface area contributed by atoms with Gasteiger partial charge in [-0.05, 0) is 0 Å². The van der Waals surface area contributed by atoms with E-state index in [9.17, 15) is 14.9 Å². The minimum atomic E-state index is -1.18. The Labute approximate surface area is 51.4 Å². The van der Waals surface area contributed by atoms with Crippen molar-refractivity contribution in [3.63, 3.8) is 0 Å². The van der Waals surface area contributed by atoms with Crippen LogP contribution in [-0.2, 0) is 4.79 Å². The van der Waals surface area contributed by atoms with Crippen molar-refractivity contribution in [3.05, 3.63) is 10.1 Å². The SMILES string of the molecule is O=C[C@H](O)CC[N+](=O)[O-]. The predicted molar refractivity (Wildman–Crippen MR) is 28.5 cm³/mol.